The molecule has 0 saturated heterocycles. The topological polar surface area (TPSA) is 35.5 Å². The lowest BCUT2D eigenvalue weighted by Gasteiger charge is -2.09. The van der Waals surface area contributed by atoms with Crippen molar-refractivity contribution in [2.75, 3.05) is 7.11 Å². The van der Waals surface area contributed by atoms with E-state index in [1.54, 1.807) is 19.2 Å². The Hall–Kier alpha value is -1.56. The molecule has 0 amide bonds. The average molecular weight is 368 g/mol. The number of halogens is 1. The van der Waals surface area contributed by atoms with Gasteiger partial charge >= 0.3 is 5.97 Å². The molecule has 0 aliphatic rings. The lowest BCUT2D eigenvalue weighted by Crippen LogP contribution is -2.07. The molecule has 0 bridgehead atoms. The highest BCUT2D eigenvalue weighted by Crippen LogP contribution is 2.24. The van der Waals surface area contributed by atoms with Gasteiger partial charge in [-0.1, -0.05) is 36.4 Å². The van der Waals surface area contributed by atoms with Gasteiger partial charge in [-0.25, -0.2) is 4.79 Å². The maximum Gasteiger partial charge on any atom is 0.339 e. The zero-order valence-corrected chi connectivity index (χ0v) is 12.6. The second kappa shape index (κ2) is 6.56. The minimum Gasteiger partial charge on any atom is -0.496 e. The molecule has 0 N–H and O–H groups in total. The van der Waals surface area contributed by atoms with Crippen LogP contribution in [0.15, 0.2) is 48.5 Å². The maximum atomic E-state index is 12.0. The molecule has 0 heterocycles. The van der Waals surface area contributed by atoms with Crippen LogP contribution in [0.3, 0.4) is 0 Å². The Balaban J connectivity index is 2.08. The Morgan fingerprint density at radius 2 is 1.84 bits per heavy atom. The van der Waals surface area contributed by atoms with Crippen molar-refractivity contribution in [1.29, 1.82) is 0 Å². The van der Waals surface area contributed by atoms with Crippen LogP contribution in [0.4, 0.5) is 0 Å². The van der Waals surface area contributed by atoms with Gasteiger partial charge in [0.15, 0.2) is 0 Å². The molecular formula is C15H13IO3. The largest absolute Gasteiger partial charge is 0.496 e. The molecule has 0 spiro atoms. The minimum absolute atomic E-state index is 0.271. The fourth-order valence-electron chi connectivity index (χ4n) is 1.63. The first-order chi connectivity index (χ1) is 9.22. The van der Waals surface area contributed by atoms with Crippen LogP contribution in [-0.2, 0) is 11.3 Å². The average Bonchev–Trinajstić information content (AvgIpc) is 2.46. The number of benzene rings is 2. The molecule has 2 rings (SSSR count). The highest BCUT2D eigenvalue weighted by Gasteiger charge is 2.14. The van der Waals surface area contributed by atoms with Crippen LogP contribution in [0.1, 0.15) is 15.9 Å². The molecule has 3 nitrogen and oxygen atoms in total. The summed E-state index contributed by atoms with van der Waals surface area (Å²) in [7, 11) is 1.58. The Morgan fingerprint density at radius 3 is 2.53 bits per heavy atom. The van der Waals surface area contributed by atoms with E-state index in [1.807, 2.05) is 36.4 Å². The summed E-state index contributed by atoms with van der Waals surface area (Å²) in [6.07, 6.45) is 0. The number of esters is 1. The van der Waals surface area contributed by atoms with Crippen LogP contribution in [0.5, 0.6) is 5.75 Å². The van der Waals surface area contributed by atoms with Crippen LogP contribution < -0.4 is 4.74 Å². The van der Waals surface area contributed by atoms with Crippen molar-refractivity contribution in [1.82, 2.24) is 0 Å². The molecule has 0 aromatic heterocycles. The highest BCUT2D eigenvalue weighted by atomic mass is 127. The van der Waals surface area contributed by atoms with E-state index in [-0.39, 0.29) is 12.6 Å². The fraction of sp³-hybridized carbons (Fsp3) is 0.133. The zero-order chi connectivity index (χ0) is 13.7. The first kappa shape index (κ1) is 13.9. The molecule has 0 fully saturated rings. The Morgan fingerprint density at radius 1 is 1.11 bits per heavy atom. The van der Waals surface area contributed by atoms with E-state index in [4.69, 9.17) is 9.47 Å². The van der Waals surface area contributed by atoms with E-state index in [0.29, 0.717) is 11.3 Å². The summed E-state index contributed by atoms with van der Waals surface area (Å²) in [5, 5.41) is 0. The third-order valence-electron chi connectivity index (χ3n) is 2.62. The van der Waals surface area contributed by atoms with Crippen molar-refractivity contribution >= 4 is 28.6 Å². The normalized spacial score (nSPS) is 10.0. The molecule has 0 atom stereocenters. The van der Waals surface area contributed by atoms with Crippen molar-refractivity contribution in [3.05, 3.63) is 63.2 Å². The summed E-state index contributed by atoms with van der Waals surface area (Å²) in [6.45, 7) is 0.271. The Kier molecular flexibility index (Phi) is 4.79. The van der Waals surface area contributed by atoms with Gasteiger partial charge in [0.1, 0.15) is 12.4 Å². The molecule has 98 valence electrons. The van der Waals surface area contributed by atoms with Crippen LogP contribution in [-0.4, -0.2) is 13.1 Å². The van der Waals surface area contributed by atoms with Gasteiger partial charge < -0.3 is 9.47 Å². The van der Waals surface area contributed by atoms with Crippen LogP contribution in [0.2, 0.25) is 0 Å². The van der Waals surface area contributed by atoms with Crippen molar-refractivity contribution in [2.24, 2.45) is 0 Å². The fourth-order valence-corrected chi connectivity index (χ4v) is 2.43. The van der Waals surface area contributed by atoms with E-state index < -0.39 is 0 Å². The number of rotatable bonds is 4. The number of ether oxygens (including phenoxy) is 2. The van der Waals surface area contributed by atoms with Crippen molar-refractivity contribution in [3.8, 4) is 5.75 Å². The molecular weight excluding hydrogens is 355 g/mol. The standard InChI is InChI=1S/C15H13IO3/c1-18-13-9-5-8-12(14(13)16)15(17)19-10-11-6-3-2-4-7-11/h2-9H,10H2,1H3. The van der Waals surface area contributed by atoms with Gasteiger partial charge in [0, 0.05) is 0 Å². The van der Waals surface area contributed by atoms with Gasteiger partial charge in [0.05, 0.1) is 16.2 Å². The van der Waals surface area contributed by atoms with Gasteiger partial charge in [-0.05, 0) is 40.3 Å². The van der Waals surface area contributed by atoms with Gasteiger partial charge in [0.25, 0.3) is 0 Å². The maximum absolute atomic E-state index is 12.0. The summed E-state index contributed by atoms with van der Waals surface area (Å²) >= 11 is 2.08. The number of carbonyl (C=O) groups is 1. The van der Waals surface area contributed by atoms with E-state index in [1.165, 1.54) is 0 Å². The number of hydrogen-bond donors (Lipinski definition) is 0. The SMILES string of the molecule is COc1cccc(C(=O)OCc2ccccc2)c1I. The predicted octanol–water partition coefficient (Wildman–Crippen LogP) is 3.66. The summed E-state index contributed by atoms with van der Waals surface area (Å²) in [5.74, 6) is 0.335. The molecule has 0 saturated carbocycles. The molecule has 0 unspecified atom stereocenters. The first-order valence-electron chi connectivity index (χ1n) is 5.76. The monoisotopic (exact) mass is 368 g/mol. The van der Waals surface area contributed by atoms with Crippen molar-refractivity contribution in [2.45, 2.75) is 6.61 Å². The van der Waals surface area contributed by atoms with Gasteiger partial charge in [-0.2, -0.15) is 0 Å². The van der Waals surface area contributed by atoms with Crippen molar-refractivity contribution < 1.29 is 14.3 Å². The summed E-state index contributed by atoms with van der Waals surface area (Å²) in [4.78, 5) is 12.0. The van der Waals surface area contributed by atoms with Gasteiger partial charge in [0.2, 0.25) is 0 Å². The van der Waals surface area contributed by atoms with Gasteiger partial charge in [-0.3, -0.25) is 0 Å². The number of hydrogen-bond acceptors (Lipinski definition) is 3. The summed E-state index contributed by atoms with van der Waals surface area (Å²) in [6, 6.07) is 14.9. The molecule has 2 aromatic carbocycles. The van der Waals surface area contributed by atoms with E-state index in [9.17, 15) is 4.79 Å². The summed E-state index contributed by atoms with van der Waals surface area (Å²) < 4.78 is 11.2. The molecule has 4 heteroatoms. The second-order valence-corrected chi connectivity index (χ2v) is 4.96. The molecule has 0 aliphatic heterocycles. The first-order valence-corrected chi connectivity index (χ1v) is 6.84. The van der Waals surface area contributed by atoms with E-state index >= 15 is 0 Å². The second-order valence-electron chi connectivity index (χ2n) is 3.88. The molecule has 2 aromatic rings. The van der Waals surface area contributed by atoms with Crippen molar-refractivity contribution in [3.63, 3.8) is 0 Å². The van der Waals surface area contributed by atoms with Crippen LogP contribution in [0.25, 0.3) is 0 Å². The van der Waals surface area contributed by atoms with E-state index in [2.05, 4.69) is 22.6 Å². The zero-order valence-electron chi connectivity index (χ0n) is 10.4. The number of carbonyl (C=O) groups excluding carboxylic acids is 1. The van der Waals surface area contributed by atoms with Crippen LogP contribution in [0, 0.1) is 3.57 Å². The third kappa shape index (κ3) is 3.47. The lowest BCUT2D eigenvalue weighted by molar-refractivity contribution is 0.0471. The minimum atomic E-state index is -0.341. The number of methoxy groups -OCH3 is 1. The summed E-state index contributed by atoms with van der Waals surface area (Å²) in [5.41, 5.74) is 1.49. The van der Waals surface area contributed by atoms with Gasteiger partial charge in [-0.15, -0.1) is 0 Å². The quantitative estimate of drug-likeness (QED) is 0.611. The molecule has 19 heavy (non-hydrogen) atoms. The smallest absolute Gasteiger partial charge is 0.339 e. The van der Waals surface area contributed by atoms with E-state index in [0.717, 1.165) is 9.13 Å². The predicted molar refractivity (Wildman–Crippen MR) is 81.3 cm³/mol. The molecule has 0 aliphatic carbocycles. The Bertz CT molecular complexity index is 567. The lowest BCUT2D eigenvalue weighted by atomic mass is 10.2. The Labute approximate surface area is 125 Å². The third-order valence-corrected chi connectivity index (χ3v) is 3.73. The van der Waals surface area contributed by atoms with Crippen LogP contribution >= 0.6 is 22.6 Å². The highest BCUT2D eigenvalue weighted by molar-refractivity contribution is 14.1. The molecule has 0 radical (unpaired) electrons.